The molecule has 2 aromatic carbocycles. The highest BCUT2D eigenvalue weighted by atomic mass is 79.9. The third-order valence-corrected chi connectivity index (χ3v) is 4.65. The topological polar surface area (TPSA) is 24.8 Å². The Balaban J connectivity index is 1.76. The van der Waals surface area contributed by atoms with Crippen LogP contribution in [-0.2, 0) is 0 Å². The van der Waals surface area contributed by atoms with Crippen LogP contribution < -0.4 is 4.74 Å². The lowest BCUT2D eigenvalue weighted by molar-refractivity contribution is 0.472. The standard InChI is InChI=1S/C20H22BrFN2O/c1-13-7-20(25-18-9-16(21)8-17(22)10-18)14(2)6-19(13)23-12-24(3)11-15-4-5-15/h6-10,12,15H,4-5,11H2,1-3H3/b23-12-. The summed E-state index contributed by atoms with van der Waals surface area (Å²) >= 11 is 3.28. The van der Waals surface area contributed by atoms with Crippen molar-refractivity contribution in [3.63, 3.8) is 0 Å². The molecule has 0 heterocycles. The van der Waals surface area contributed by atoms with Gasteiger partial charge in [0.25, 0.3) is 0 Å². The van der Waals surface area contributed by atoms with E-state index in [2.05, 4.69) is 32.9 Å². The lowest BCUT2D eigenvalue weighted by Gasteiger charge is -2.14. The smallest absolute Gasteiger partial charge is 0.131 e. The molecule has 25 heavy (non-hydrogen) atoms. The summed E-state index contributed by atoms with van der Waals surface area (Å²) in [4.78, 5) is 6.74. The van der Waals surface area contributed by atoms with E-state index in [-0.39, 0.29) is 5.82 Å². The van der Waals surface area contributed by atoms with E-state index in [0.29, 0.717) is 16.0 Å². The molecule has 1 aliphatic carbocycles. The fraction of sp³-hybridized carbons (Fsp3) is 0.350. The normalized spacial score (nSPS) is 14.1. The minimum Gasteiger partial charge on any atom is -0.457 e. The maximum atomic E-state index is 13.5. The van der Waals surface area contributed by atoms with E-state index >= 15 is 0 Å². The summed E-state index contributed by atoms with van der Waals surface area (Å²) in [7, 11) is 2.06. The van der Waals surface area contributed by atoms with Crippen LogP contribution in [0.15, 0.2) is 39.8 Å². The molecule has 0 N–H and O–H groups in total. The van der Waals surface area contributed by atoms with E-state index in [1.807, 2.05) is 32.3 Å². The van der Waals surface area contributed by atoms with E-state index < -0.39 is 0 Å². The van der Waals surface area contributed by atoms with Gasteiger partial charge in [-0.1, -0.05) is 15.9 Å². The van der Waals surface area contributed by atoms with Crippen LogP contribution in [0.3, 0.4) is 0 Å². The Kier molecular flexibility index (Phi) is 5.42. The van der Waals surface area contributed by atoms with Crippen LogP contribution >= 0.6 is 15.9 Å². The first-order chi connectivity index (χ1) is 11.9. The molecule has 0 unspecified atom stereocenters. The maximum Gasteiger partial charge on any atom is 0.131 e. The average molecular weight is 405 g/mol. The molecule has 3 rings (SSSR count). The lowest BCUT2D eigenvalue weighted by atomic mass is 10.1. The predicted molar refractivity (Wildman–Crippen MR) is 104 cm³/mol. The minimum absolute atomic E-state index is 0.335. The van der Waals surface area contributed by atoms with Crippen LogP contribution in [-0.4, -0.2) is 24.8 Å². The summed E-state index contributed by atoms with van der Waals surface area (Å²) in [6, 6.07) is 8.47. The van der Waals surface area contributed by atoms with Gasteiger partial charge in [0.2, 0.25) is 0 Å². The summed E-state index contributed by atoms with van der Waals surface area (Å²) in [6.45, 7) is 5.04. The van der Waals surface area contributed by atoms with Crippen molar-refractivity contribution in [2.24, 2.45) is 10.9 Å². The molecule has 0 saturated heterocycles. The number of aliphatic imine (C=N–C) groups is 1. The van der Waals surface area contributed by atoms with Gasteiger partial charge in [0.05, 0.1) is 12.0 Å². The van der Waals surface area contributed by atoms with Crippen molar-refractivity contribution >= 4 is 28.0 Å². The zero-order valence-electron chi connectivity index (χ0n) is 14.7. The van der Waals surface area contributed by atoms with Crippen molar-refractivity contribution in [2.45, 2.75) is 26.7 Å². The third-order valence-electron chi connectivity index (χ3n) is 4.19. The van der Waals surface area contributed by atoms with Gasteiger partial charge in [-0.2, -0.15) is 0 Å². The van der Waals surface area contributed by atoms with Crippen molar-refractivity contribution < 1.29 is 9.13 Å². The second-order valence-corrected chi connectivity index (χ2v) is 7.65. The molecule has 0 amide bonds. The SMILES string of the molecule is Cc1cc(Oc2cc(F)cc(Br)c2)c(C)cc1/N=C\N(C)CC1CC1. The Morgan fingerprint density at radius 2 is 1.96 bits per heavy atom. The van der Waals surface area contributed by atoms with Gasteiger partial charge in [0.1, 0.15) is 17.3 Å². The molecule has 132 valence electrons. The van der Waals surface area contributed by atoms with Crippen LogP contribution in [0.5, 0.6) is 11.5 Å². The van der Waals surface area contributed by atoms with Gasteiger partial charge >= 0.3 is 0 Å². The number of rotatable bonds is 6. The second kappa shape index (κ2) is 7.56. The third kappa shape index (κ3) is 5.05. The largest absolute Gasteiger partial charge is 0.457 e. The van der Waals surface area contributed by atoms with Crippen LogP contribution in [0.2, 0.25) is 0 Å². The van der Waals surface area contributed by atoms with Crippen LogP contribution in [0, 0.1) is 25.6 Å². The van der Waals surface area contributed by atoms with Crippen molar-refractivity contribution in [3.8, 4) is 11.5 Å². The Bertz CT molecular complexity index is 782. The molecule has 3 nitrogen and oxygen atoms in total. The lowest BCUT2D eigenvalue weighted by Crippen LogP contribution is -2.18. The number of hydrogen-bond acceptors (Lipinski definition) is 2. The first-order valence-electron chi connectivity index (χ1n) is 8.40. The van der Waals surface area contributed by atoms with Gasteiger partial charge in [0.15, 0.2) is 0 Å². The number of ether oxygens (including phenoxy) is 1. The van der Waals surface area contributed by atoms with E-state index in [9.17, 15) is 4.39 Å². The Morgan fingerprint density at radius 3 is 2.64 bits per heavy atom. The van der Waals surface area contributed by atoms with Gasteiger partial charge in [-0.15, -0.1) is 0 Å². The monoisotopic (exact) mass is 404 g/mol. The van der Waals surface area contributed by atoms with Gasteiger partial charge in [-0.3, -0.25) is 0 Å². The number of aryl methyl sites for hydroxylation is 2. The number of halogens is 2. The fourth-order valence-electron chi connectivity index (χ4n) is 2.65. The highest BCUT2D eigenvalue weighted by Gasteiger charge is 2.21. The van der Waals surface area contributed by atoms with Gasteiger partial charge in [-0.05, 0) is 68.0 Å². The van der Waals surface area contributed by atoms with Crippen LogP contribution in [0.4, 0.5) is 10.1 Å². The molecular formula is C20H22BrFN2O. The zero-order chi connectivity index (χ0) is 18.0. The summed E-state index contributed by atoms with van der Waals surface area (Å²) < 4.78 is 20.0. The van der Waals surface area contributed by atoms with Crippen molar-refractivity contribution in [1.29, 1.82) is 0 Å². The second-order valence-electron chi connectivity index (χ2n) is 6.74. The average Bonchev–Trinajstić information content (AvgIpc) is 3.32. The summed E-state index contributed by atoms with van der Waals surface area (Å²) in [5.41, 5.74) is 2.91. The Labute approximate surface area is 156 Å². The van der Waals surface area contributed by atoms with E-state index in [1.165, 1.54) is 25.0 Å². The highest BCUT2D eigenvalue weighted by Crippen LogP contribution is 2.33. The first-order valence-corrected chi connectivity index (χ1v) is 9.19. The van der Waals surface area contributed by atoms with Crippen molar-refractivity contribution in [1.82, 2.24) is 4.90 Å². The maximum absolute atomic E-state index is 13.5. The van der Waals surface area contributed by atoms with Gasteiger partial charge in [-0.25, -0.2) is 9.38 Å². The summed E-state index contributed by atoms with van der Waals surface area (Å²) in [5.74, 6) is 1.68. The van der Waals surface area contributed by atoms with E-state index in [4.69, 9.17) is 4.74 Å². The summed E-state index contributed by atoms with van der Waals surface area (Å²) in [6.07, 6.45) is 4.56. The molecule has 0 bridgehead atoms. The minimum atomic E-state index is -0.335. The molecule has 2 aromatic rings. The zero-order valence-corrected chi connectivity index (χ0v) is 16.3. The number of hydrogen-bond donors (Lipinski definition) is 0. The summed E-state index contributed by atoms with van der Waals surface area (Å²) in [5, 5.41) is 0. The van der Waals surface area contributed by atoms with Gasteiger partial charge in [0, 0.05) is 24.1 Å². The molecule has 5 heteroatoms. The van der Waals surface area contributed by atoms with E-state index in [0.717, 1.165) is 29.3 Å². The Hall–Kier alpha value is -1.88. The molecule has 0 aliphatic heterocycles. The van der Waals surface area contributed by atoms with E-state index in [1.54, 1.807) is 6.07 Å². The van der Waals surface area contributed by atoms with Crippen molar-refractivity contribution in [2.75, 3.05) is 13.6 Å². The molecule has 0 spiro atoms. The first kappa shape index (κ1) is 17.9. The fourth-order valence-corrected chi connectivity index (χ4v) is 3.10. The van der Waals surface area contributed by atoms with Crippen LogP contribution in [0.25, 0.3) is 0 Å². The molecular weight excluding hydrogens is 383 g/mol. The predicted octanol–water partition coefficient (Wildman–Crippen LogP) is 6.00. The molecule has 0 atom stereocenters. The van der Waals surface area contributed by atoms with Crippen LogP contribution in [0.1, 0.15) is 24.0 Å². The molecule has 0 radical (unpaired) electrons. The Morgan fingerprint density at radius 1 is 1.20 bits per heavy atom. The van der Waals surface area contributed by atoms with Crippen molar-refractivity contribution in [3.05, 3.63) is 51.7 Å². The molecule has 0 aromatic heterocycles. The number of benzene rings is 2. The molecule has 1 aliphatic rings. The van der Waals surface area contributed by atoms with Gasteiger partial charge < -0.3 is 9.64 Å². The quantitative estimate of drug-likeness (QED) is 0.435. The molecule has 1 fully saturated rings. The highest BCUT2D eigenvalue weighted by molar-refractivity contribution is 9.10. The number of nitrogens with zero attached hydrogens (tertiary/aromatic N) is 2. The molecule has 1 saturated carbocycles.